The van der Waals surface area contributed by atoms with E-state index in [1.165, 1.54) is 0 Å². The SMILES string of the molecule is CCNC(=NCc1ccc(Cl)cc1)NCCC(CC)N1CCCC1=O.I. The molecule has 2 N–H and O–H groups in total. The summed E-state index contributed by atoms with van der Waals surface area (Å²) >= 11 is 5.91. The number of amides is 1. The Bertz CT molecular complexity index is 579. The van der Waals surface area contributed by atoms with Crippen LogP contribution in [0.4, 0.5) is 0 Å². The number of hydrogen-bond donors (Lipinski definition) is 2. The van der Waals surface area contributed by atoms with E-state index in [9.17, 15) is 4.79 Å². The maximum absolute atomic E-state index is 11.9. The lowest BCUT2D eigenvalue weighted by Crippen LogP contribution is -2.42. The van der Waals surface area contributed by atoms with Gasteiger partial charge in [-0.15, -0.1) is 24.0 Å². The monoisotopic (exact) mass is 492 g/mol. The van der Waals surface area contributed by atoms with Crippen LogP contribution in [0.25, 0.3) is 0 Å². The van der Waals surface area contributed by atoms with Crippen LogP contribution in [0, 0.1) is 0 Å². The highest BCUT2D eigenvalue weighted by Gasteiger charge is 2.26. The van der Waals surface area contributed by atoms with Crippen LogP contribution in [-0.4, -0.2) is 42.4 Å². The Balaban J connectivity index is 0.00000338. The van der Waals surface area contributed by atoms with Gasteiger partial charge in [-0.2, -0.15) is 0 Å². The van der Waals surface area contributed by atoms with Gasteiger partial charge in [0.25, 0.3) is 0 Å². The van der Waals surface area contributed by atoms with Gasteiger partial charge in [-0.25, -0.2) is 4.99 Å². The van der Waals surface area contributed by atoms with Crippen molar-refractivity contribution in [1.82, 2.24) is 15.5 Å². The van der Waals surface area contributed by atoms with E-state index in [-0.39, 0.29) is 24.0 Å². The number of halogens is 2. The second-order valence-electron chi connectivity index (χ2n) is 6.29. The van der Waals surface area contributed by atoms with Gasteiger partial charge in [0.2, 0.25) is 5.91 Å². The number of hydrogen-bond acceptors (Lipinski definition) is 2. The Morgan fingerprint density at radius 2 is 2.00 bits per heavy atom. The first-order valence-corrected chi connectivity index (χ1v) is 9.58. The van der Waals surface area contributed by atoms with Crippen molar-refractivity contribution in [3.8, 4) is 0 Å². The molecule has 0 spiro atoms. The van der Waals surface area contributed by atoms with Gasteiger partial charge in [-0.1, -0.05) is 30.7 Å². The molecule has 1 amide bonds. The Kier molecular flexibility index (Phi) is 11.0. The molecule has 1 aromatic carbocycles. The van der Waals surface area contributed by atoms with Crippen molar-refractivity contribution in [2.75, 3.05) is 19.6 Å². The fraction of sp³-hybridized carbons (Fsp3) is 0.579. The van der Waals surface area contributed by atoms with Gasteiger partial charge in [0, 0.05) is 37.1 Å². The summed E-state index contributed by atoms with van der Waals surface area (Å²) in [7, 11) is 0. The molecule has 0 bridgehead atoms. The van der Waals surface area contributed by atoms with E-state index in [2.05, 4.69) is 29.5 Å². The minimum atomic E-state index is 0. The first kappa shape index (κ1) is 23.0. The maximum Gasteiger partial charge on any atom is 0.222 e. The van der Waals surface area contributed by atoms with Crippen LogP contribution in [0.15, 0.2) is 29.3 Å². The van der Waals surface area contributed by atoms with Gasteiger partial charge >= 0.3 is 0 Å². The largest absolute Gasteiger partial charge is 0.357 e. The highest BCUT2D eigenvalue weighted by molar-refractivity contribution is 14.0. The average molecular weight is 493 g/mol. The predicted octanol–water partition coefficient (Wildman–Crippen LogP) is 3.80. The Labute approximate surface area is 179 Å². The summed E-state index contributed by atoms with van der Waals surface area (Å²) in [6.45, 7) is 7.33. The van der Waals surface area contributed by atoms with Gasteiger partial charge < -0.3 is 15.5 Å². The van der Waals surface area contributed by atoms with Crippen LogP contribution in [0.1, 0.15) is 45.1 Å². The summed E-state index contributed by atoms with van der Waals surface area (Å²) in [4.78, 5) is 18.6. The quantitative estimate of drug-likeness (QED) is 0.330. The van der Waals surface area contributed by atoms with Crippen molar-refractivity contribution < 1.29 is 4.79 Å². The topological polar surface area (TPSA) is 56.7 Å². The molecule has 2 rings (SSSR count). The van der Waals surface area contributed by atoms with Gasteiger partial charge in [0.05, 0.1) is 6.54 Å². The molecule has 0 saturated carbocycles. The third-order valence-corrected chi connectivity index (χ3v) is 4.72. The zero-order chi connectivity index (χ0) is 18.1. The lowest BCUT2D eigenvalue weighted by atomic mass is 10.1. The molecule has 26 heavy (non-hydrogen) atoms. The molecule has 0 aliphatic carbocycles. The smallest absolute Gasteiger partial charge is 0.222 e. The zero-order valence-electron chi connectivity index (χ0n) is 15.6. The molecule has 1 unspecified atom stereocenters. The van der Waals surface area contributed by atoms with Crippen LogP contribution in [0.2, 0.25) is 5.02 Å². The van der Waals surface area contributed by atoms with Gasteiger partial charge in [-0.3, -0.25) is 4.79 Å². The normalized spacial score (nSPS) is 15.6. The van der Waals surface area contributed by atoms with Crippen molar-refractivity contribution >= 4 is 47.4 Å². The van der Waals surface area contributed by atoms with Crippen molar-refractivity contribution in [2.24, 2.45) is 4.99 Å². The molecule has 1 heterocycles. The molecule has 7 heteroatoms. The fourth-order valence-corrected chi connectivity index (χ4v) is 3.22. The van der Waals surface area contributed by atoms with Gasteiger partial charge in [0.1, 0.15) is 0 Å². The molecular formula is C19H30ClIN4O. The second-order valence-corrected chi connectivity index (χ2v) is 6.73. The van der Waals surface area contributed by atoms with E-state index in [0.29, 0.717) is 24.9 Å². The lowest BCUT2D eigenvalue weighted by Gasteiger charge is -2.27. The molecule has 1 aliphatic heterocycles. The molecule has 1 aliphatic rings. The minimum Gasteiger partial charge on any atom is -0.357 e. The standard InChI is InChI=1S/C19H29ClN4O.HI/c1-3-17(24-13-5-6-18(24)25)11-12-22-19(21-4-2)23-14-15-7-9-16(20)10-8-15;/h7-10,17H,3-6,11-14H2,1-2H3,(H2,21,22,23);1H. The van der Waals surface area contributed by atoms with Crippen LogP contribution < -0.4 is 10.6 Å². The number of carbonyl (C=O) groups excluding carboxylic acids is 1. The Morgan fingerprint density at radius 3 is 2.58 bits per heavy atom. The second kappa shape index (κ2) is 12.4. The highest BCUT2D eigenvalue weighted by atomic mass is 127. The average Bonchev–Trinajstić information content (AvgIpc) is 3.04. The first-order chi connectivity index (χ1) is 12.1. The zero-order valence-corrected chi connectivity index (χ0v) is 18.7. The molecule has 1 aromatic rings. The molecule has 1 fully saturated rings. The van der Waals surface area contributed by atoms with Crippen LogP contribution in [0.5, 0.6) is 0 Å². The first-order valence-electron chi connectivity index (χ1n) is 9.20. The van der Waals surface area contributed by atoms with E-state index in [1.807, 2.05) is 29.2 Å². The summed E-state index contributed by atoms with van der Waals surface area (Å²) in [6.07, 6.45) is 3.63. The number of likely N-dealkylation sites (tertiary alicyclic amines) is 1. The fourth-order valence-electron chi connectivity index (χ4n) is 3.09. The minimum absolute atomic E-state index is 0. The van der Waals surface area contributed by atoms with E-state index >= 15 is 0 Å². The summed E-state index contributed by atoms with van der Waals surface area (Å²) in [5.41, 5.74) is 1.12. The third kappa shape index (κ3) is 7.31. The summed E-state index contributed by atoms with van der Waals surface area (Å²) in [5.74, 6) is 1.11. The molecule has 0 radical (unpaired) electrons. The van der Waals surface area contributed by atoms with E-state index in [1.54, 1.807) is 0 Å². The Hall–Kier alpha value is -1.02. The summed E-state index contributed by atoms with van der Waals surface area (Å²) in [5, 5.41) is 7.38. The third-order valence-electron chi connectivity index (χ3n) is 4.47. The van der Waals surface area contributed by atoms with Crippen molar-refractivity contribution in [3.63, 3.8) is 0 Å². The molecule has 5 nitrogen and oxygen atoms in total. The van der Waals surface area contributed by atoms with Gasteiger partial charge in [0.15, 0.2) is 5.96 Å². The number of guanidine groups is 1. The van der Waals surface area contributed by atoms with Crippen molar-refractivity contribution in [1.29, 1.82) is 0 Å². The summed E-state index contributed by atoms with van der Waals surface area (Å²) in [6, 6.07) is 8.06. The molecule has 146 valence electrons. The number of rotatable bonds is 8. The van der Waals surface area contributed by atoms with Crippen LogP contribution >= 0.6 is 35.6 Å². The number of nitrogens with zero attached hydrogens (tertiary/aromatic N) is 2. The number of nitrogens with one attached hydrogen (secondary N) is 2. The van der Waals surface area contributed by atoms with Gasteiger partial charge in [-0.05, 0) is 43.9 Å². The van der Waals surface area contributed by atoms with Crippen LogP contribution in [-0.2, 0) is 11.3 Å². The van der Waals surface area contributed by atoms with Crippen LogP contribution in [0.3, 0.4) is 0 Å². The lowest BCUT2D eigenvalue weighted by molar-refractivity contribution is -0.129. The van der Waals surface area contributed by atoms with Crippen molar-refractivity contribution in [2.45, 2.75) is 52.1 Å². The van der Waals surface area contributed by atoms with E-state index in [0.717, 1.165) is 55.4 Å². The Morgan fingerprint density at radius 1 is 1.27 bits per heavy atom. The van der Waals surface area contributed by atoms with Crippen molar-refractivity contribution in [3.05, 3.63) is 34.9 Å². The number of carbonyl (C=O) groups is 1. The molecule has 1 atom stereocenters. The molecule has 0 aromatic heterocycles. The molecular weight excluding hydrogens is 463 g/mol. The predicted molar refractivity (Wildman–Crippen MR) is 119 cm³/mol. The number of aliphatic imine (C=N–C) groups is 1. The van der Waals surface area contributed by atoms with E-state index in [4.69, 9.17) is 11.6 Å². The number of benzene rings is 1. The molecule has 1 saturated heterocycles. The highest BCUT2D eigenvalue weighted by Crippen LogP contribution is 2.17. The summed E-state index contributed by atoms with van der Waals surface area (Å²) < 4.78 is 0. The maximum atomic E-state index is 11.9. The van der Waals surface area contributed by atoms with E-state index < -0.39 is 0 Å².